The number of rotatable bonds is 9. The van der Waals surface area contributed by atoms with Gasteiger partial charge in [-0.1, -0.05) is 54.8 Å². The van der Waals surface area contributed by atoms with Crippen molar-refractivity contribution in [2.45, 2.75) is 82.9 Å². The highest BCUT2D eigenvalue weighted by molar-refractivity contribution is 9.10. The van der Waals surface area contributed by atoms with Gasteiger partial charge in [-0.15, -0.1) is 0 Å². The minimum atomic E-state index is -1.21. The van der Waals surface area contributed by atoms with E-state index in [0.29, 0.717) is 25.0 Å². The maximum absolute atomic E-state index is 13.5. The van der Waals surface area contributed by atoms with E-state index in [1.807, 2.05) is 20.8 Å². The van der Waals surface area contributed by atoms with Crippen LogP contribution in [0.4, 0.5) is 0 Å². The molecule has 1 saturated carbocycles. The average molecular weight is 487 g/mol. The number of ether oxygens (including phenoxy) is 3. The Labute approximate surface area is 190 Å². The lowest BCUT2D eigenvalue weighted by molar-refractivity contribution is -0.346. The third-order valence-corrected chi connectivity index (χ3v) is 7.61. The van der Waals surface area contributed by atoms with Gasteiger partial charge in [0.1, 0.15) is 5.76 Å². The van der Waals surface area contributed by atoms with E-state index in [1.165, 1.54) is 0 Å². The van der Waals surface area contributed by atoms with Crippen LogP contribution in [0.15, 0.2) is 23.5 Å². The molecule has 0 unspecified atom stereocenters. The van der Waals surface area contributed by atoms with E-state index in [0.717, 1.165) is 18.4 Å². The minimum absolute atomic E-state index is 0.00941. The number of hydrogen-bond acceptors (Lipinski definition) is 5. The van der Waals surface area contributed by atoms with Crippen molar-refractivity contribution < 1.29 is 24.1 Å². The van der Waals surface area contributed by atoms with Gasteiger partial charge in [-0.2, -0.15) is 0 Å². The van der Waals surface area contributed by atoms with Gasteiger partial charge in [0.2, 0.25) is 0 Å². The Morgan fingerprint density at radius 1 is 1.30 bits per heavy atom. The summed E-state index contributed by atoms with van der Waals surface area (Å²) in [6.07, 6.45) is 6.49. The van der Waals surface area contributed by atoms with E-state index in [2.05, 4.69) is 35.9 Å². The Hall–Kier alpha value is -0.690. The lowest BCUT2D eigenvalue weighted by Crippen LogP contribution is -2.71. The van der Waals surface area contributed by atoms with Crippen LogP contribution in [-0.4, -0.2) is 48.4 Å². The minimum Gasteiger partial charge on any atom is -0.500 e. The first-order valence-corrected chi connectivity index (χ1v) is 11.5. The van der Waals surface area contributed by atoms with Gasteiger partial charge < -0.3 is 19.3 Å². The fraction of sp³-hybridized carbons (Fsp3) is 0.792. The molecular formula is C24H39BrO5. The molecule has 1 N–H and O–H groups in total. The molecule has 30 heavy (non-hydrogen) atoms. The van der Waals surface area contributed by atoms with Crippen molar-refractivity contribution in [1.29, 1.82) is 0 Å². The van der Waals surface area contributed by atoms with Gasteiger partial charge in [-0.05, 0) is 39.5 Å². The lowest BCUT2D eigenvalue weighted by Gasteiger charge is -2.63. The smallest absolute Gasteiger partial charge is 0.191 e. The van der Waals surface area contributed by atoms with E-state index in [-0.39, 0.29) is 10.1 Å². The SMILES string of the molecule is COC1=CC(=O)[C@H]2C(OC)(OC)[C@]1(CC=C(C)C)C[C@H](O)[C@@]2(C)CCCC(C)(C)Br. The highest BCUT2D eigenvalue weighted by atomic mass is 79.9. The summed E-state index contributed by atoms with van der Waals surface area (Å²) in [7, 11) is 4.76. The highest BCUT2D eigenvalue weighted by Gasteiger charge is 2.73. The summed E-state index contributed by atoms with van der Waals surface area (Å²) in [6.45, 7) is 10.3. The largest absolute Gasteiger partial charge is 0.500 e. The first-order chi connectivity index (χ1) is 13.8. The van der Waals surface area contributed by atoms with Gasteiger partial charge in [0.25, 0.3) is 0 Å². The van der Waals surface area contributed by atoms with Crippen LogP contribution >= 0.6 is 15.9 Å². The number of aliphatic hydroxyl groups excluding tert-OH is 1. The van der Waals surface area contributed by atoms with Gasteiger partial charge in [0, 0.05) is 30.0 Å². The van der Waals surface area contributed by atoms with Crippen molar-refractivity contribution in [3.05, 3.63) is 23.5 Å². The van der Waals surface area contributed by atoms with Crippen LogP contribution in [0.3, 0.4) is 0 Å². The monoisotopic (exact) mass is 486 g/mol. The Kier molecular flexibility index (Phi) is 7.71. The predicted molar refractivity (Wildman–Crippen MR) is 122 cm³/mol. The third-order valence-electron chi connectivity index (χ3n) is 7.21. The molecule has 0 aromatic heterocycles. The van der Waals surface area contributed by atoms with E-state index in [1.54, 1.807) is 27.4 Å². The molecule has 172 valence electrons. The zero-order chi connectivity index (χ0) is 23.0. The van der Waals surface area contributed by atoms with Crippen LogP contribution in [0.5, 0.6) is 0 Å². The van der Waals surface area contributed by atoms with Crippen molar-refractivity contribution in [3.8, 4) is 0 Å². The van der Waals surface area contributed by atoms with Crippen molar-refractivity contribution in [3.63, 3.8) is 0 Å². The summed E-state index contributed by atoms with van der Waals surface area (Å²) >= 11 is 3.70. The van der Waals surface area contributed by atoms with Crippen LogP contribution in [0.1, 0.15) is 66.7 Å². The summed E-state index contributed by atoms with van der Waals surface area (Å²) < 4.78 is 17.9. The van der Waals surface area contributed by atoms with Gasteiger partial charge in [0.05, 0.1) is 24.5 Å². The molecule has 2 aliphatic carbocycles. The molecule has 6 heteroatoms. The maximum Gasteiger partial charge on any atom is 0.191 e. The average Bonchev–Trinajstić information content (AvgIpc) is 2.65. The Bertz CT molecular complexity index is 699. The molecule has 2 bridgehead atoms. The fourth-order valence-electron chi connectivity index (χ4n) is 5.61. The Balaban J connectivity index is 2.64. The summed E-state index contributed by atoms with van der Waals surface area (Å²) in [6, 6.07) is 0. The second-order valence-corrected chi connectivity index (χ2v) is 12.1. The third kappa shape index (κ3) is 4.17. The molecular weight excluding hydrogens is 448 g/mol. The molecule has 0 aromatic carbocycles. The molecule has 0 saturated heterocycles. The molecule has 5 nitrogen and oxygen atoms in total. The number of alkyl halides is 1. The second kappa shape index (κ2) is 9.05. The van der Waals surface area contributed by atoms with Gasteiger partial charge >= 0.3 is 0 Å². The van der Waals surface area contributed by atoms with Crippen LogP contribution in [0.25, 0.3) is 0 Å². The van der Waals surface area contributed by atoms with E-state index in [9.17, 15) is 9.90 Å². The maximum atomic E-state index is 13.5. The first kappa shape index (κ1) is 25.6. The van der Waals surface area contributed by atoms with E-state index >= 15 is 0 Å². The second-order valence-electron chi connectivity index (χ2n) is 9.99. The summed E-state index contributed by atoms with van der Waals surface area (Å²) in [4.78, 5) is 13.5. The van der Waals surface area contributed by atoms with E-state index in [4.69, 9.17) is 14.2 Å². The number of hydrogen-bond donors (Lipinski definition) is 1. The molecule has 2 rings (SSSR count). The molecule has 0 heterocycles. The van der Waals surface area contributed by atoms with Gasteiger partial charge in [-0.3, -0.25) is 4.79 Å². The summed E-state index contributed by atoms with van der Waals surface area (Å²) in [5.41, 5.74) is -0.308. The predicted octanol–water partition coefficient (Wildman–Crippen LogP) is 5.16. The number of halogens is 1. The van der Waals surface area contributed by atoms with Crippen molar-refractivity contribution in [2.24, 2.45) is 16.7 Å². The number of methoxy groups -OCH3 is 3. The molecule has 2 aliphatic rings. The number of carbonyl (C=O) groups is 1. The van der Waals surface area contributed by atoms with Crippen LogP contribution < -0.4 is 0 Å². The quantitative estimate of drug-likeness (QED) is 0.277. The van der Waals surface area contributed by atoms with Crippen molar-refractivity contribution >= 4 is 21.7 Å². The van der Waals surface area contributed by atoms with Crippen LogP contribution in [0.2, 0.25) is 0 Å². The number of ketones is 1. The number of carbonyl (C=O) groups excluding carboxylic acids is 1. The normalized spacial score (nSPS) is 33.1. The summed E-state index contributed by atoms with van der Waals surface area (Å²) in [5, 5.41) is 11.5. The van der Waals surface area contributed by atoms with Crippen LogP contribution in [0, 0.1) is 16.7 Å². The molecule has 0 radical (unpaired) electrons. The van der Waals surface area contributed by atoms with E-state index < -0.39 is 28.6 Å². The number of fused-ring (bicyclic) bond motifs is 2. The molecule has 0 aliphatic heterocycles. The Morgan fingerprint density at radius 2 is 1.90 bits per heavy atom. The fourth-order valence-corrected chi connectivity index (χ4v) is 5.89. The lowest BCUT2D eigenvalue weighted by atomic mass is 9.47. The topological polar surface area (TPSA) is 65.0 Å². The standard InChI is InChI=1S/C24H39BrO5/c1-16(2)10-13-23-15-18(27)22(5,12-9-11-21(3,4)25)20(24(23,29-7)30-8)17(26)14-19(23)28-6/h10,14,18,20,27H,9,11-13,15H2,1-8H3/t18-,20+,22+,23+/m0/s1. The van der Waals surface area contributed by atoms with Crippen LogP contribution in [-0.2, 0) is 19.0 Å². The molecule has 0 aromatic rings. The first-order valence-electron chi connectivity index (χ1n) is 10.7. The zero-order valence-corrected chi connectivity index (χ0v) is 21.4. The zero-order valence-electron chi connectivity index (χ0n) is 19.8. The molecule has 0 amide bonds. The number of aliphatic hydroxyl groups is 1. The molecule has 1 fully saturated rings. The van der Waals surface area contributed by atoms with Crippen molar-refractivity contribution in [1.82, 2.24) is 0 Å². The highest BCUT2D eigenvalue weighted by Crippen LogP contribution is 2.65. The molecule has 0 spiro atoms. The van der Waals surface area contributed by atoms with Crippen molar-refractivity contribution in [2.75, 3.05) is 21.3 Å². The molecule has 4 atom stereocenters. The Morgan fingerprint density at radius 3 is 2.37 bits per heavy atom. The van der Waals surface area contributed by atoms with Gasteiger partial charge in [0.15, 0.2) is 11.6 Å². The van der Waals surface area contributed by atoms with Gasteiger partial charge in [-0.25, -0.2) is 0 Å². The number of allylic oxidation sites excluding steroid dienone is 3. The summed E-state index contributed by atoms with van der Waals surface area (Å²) in [5.74, 6) is -1.43.